The van der Waals surface area contributed by atoms with Crippen molar-refractivity contribution in [1.29, 1.82) is 0 Å². The Morgan fingerprint density at radius 3 is 2.43 bits per heavy atom. The van der Waals surface area contributed by atoms with Crippen molar-refractivity contribution >= 4 is 41.7 Å². The lowest BCUT2D eigenvalue weighted by Crippen LogP contribution is -2.37. The van der Waals surface area contributed by atoms with E-state index < -0.39 is 26.9 Å². The second kappa shape index (κ2) is 6.62. The average molecular weight is 446 g/mol. The Morgan fingerprint density at radius 2 is 1.90 bits per heavy atom. The van der Waals surface area contributed by atoms with Crippen molar-refractivity contribution in [3.8, 4) is 0 Å². The zero-order valence-corrected chi connectivity index (χ0v) is 15.3. The number of hydrogen-bond donors (Lipinski definition) is 0. The fraction of sp³-hybridized carbons (Fsp3) is 0.571. The summed E-state index contributed by atoms with van der Waals surface area (Å²) >= 11 is 6.88. The van der Waals surface area contributed by atoms with Gasteiger partial charge >= 0.3 is 0 Å². The Bertz CT molecular complexity index is 615. The molecule has 2 rings (SSSR count). The van der Waals surface area contributed by atoms with E-state index in [0.717, 1.165) is 6.07 Å². The third-order valence-electron chi connectivity index (χ3n) is 4.20. The normalized spacial score (nSPS) is 21.6. The summed E-state index contributed by atoms with van der Waals surface area (Å²) < 4.78 is 50.7. The molecule has 1 heterocycles. The van der Waals surface area contributed by atoms with Gasteiger partial charge in [-0.2, -0.15) is 0 Å². The van der Waals surface area contributed by atoms with Crippen LogP contribution in [0.15, 0.2) is 18.2 Å². The van der Waals surface area contributed by atoms with Crippen LogP contribution in [0.25, 0.3) is 0 Å². The molecule has 0 aromatic heterocycles. The van der Waals surface area contributed by atoms with Gasteiger partial charge in [0.25, 0.3) is 0 Å². The minimum Gasteiger partial charge on any atom is -0.229 e. The first kappa shape index (κ1) is 17.3. The highest BCUT2D eigenvalue weighted by Gasteiger charge is 2.43. The Hall–Kier alpha value is -0.0100. The lowest BCUT2D eigenvalue weighted by molar-refractivity contribution is 0.249. The molecule has 21 heavy (non-hydrogen) atoms. The maximum atomic E-state index is 13.9. The van der Waals surface area contributed by atoms with E-state index in [2.05, 4.69) is 31.9 Å². The molecule has 1 aromatic rings. The van der Waals surface area contributed by atoms with Crippen molar-refractivity contribution in [3.05, 3.63) is 35.4 Å². The summed E-state index contributed by atoms with van der Waals surface area (Å²) in [5.41, 5.74) is -0.156. The number of hydrogen-bond acceptors (Lipinski definition) is 2. The summed E-state index contributed by atoms with van der Waals surface area (Å²) in [4.78, 5) is 0. The van der Waals surface area contributed by atoms with E-state index >= 15 is 0 Å². The van der Waals surface area contributed by atoms with E-state index in [4.69, 9.17) is 0 Å². The molecule has 7 heteroatoms. The number of benzene rings is 1. The molecular formula is C14H16Br2F2O2S. The molecule has 0 bridgehead atoms. The summed E-state index contributed by atoms with van der Waals surface area (Å²) in [5.74, 6) is -1.50. The highest BCUT2D eigenvalue weighted by Crippen LogP contribution is 2.42. The number of halogens is 4. The highest BCUT2D eigenvalue weighted by molar-refractivity contribution is 9.09. The Morgan fingerprint density at radius 1 is 1.24 bits per heavy atom. The first-order valence-corrected chi connectivity index (χ1v) is 10.7. The Balaban J connectivity index is 2.32. The third kappa shape index (κ3) is 3.67. The van der Waals surface area contributed by atoms with Gasteiger partial charge in [0, 0.05) is 10.7 Å². The molecule has 0 aliphatic carbocycles. The maximum absolute atomic E-state index is 13.9. The maximum Gasteiger partial charge on any atom is 0.162 e. The van der Waals surface area contributed by atoms with E-state index in [9.17, 15) is 17.2 Å². The van der Waals surface area contributed by atoms with Gasteiger partial charge in [0.05, 0.1) is 11.5 Å². The van der Waals surface area contributed by atoms with Gasteiger partial charge in [-0.25, -0.2) is 17.2 Å². The topological polar surface area (TPSA) is 34.1 Å². The smallest absolute Gasteiger partial charge is 0.162 e. The number of alkyl halides is 2. The van der Waals surface area contributed by atoms with Gasteiger partial charge in [0.15, 0.2) is 21.5 Å². The molecule has 0 saturated carbocycles. The van der Waals surface area contributed by atoms with Crippen LogP contribution in [0, 0.1) is 23.0 Å². The van der Waals surface area contributed by atoms with E-state index in [0.29, 0.717) is 23.5 Å². The first-order valence-electron chi connectivity index (χ1n) is 6.59. The molecule has 0 radical (unpaired) electrons. The second-order valence-electron chi connectivity index (χ2n) is 5.62. The summed E-state index contributed by atoms with van der Waals surface area (Å²) in [6, 6.07) is 4.12. The van der Waals surface area contributed by atoms with Gasteiger partial charge in [-0.1, -0.05) is 44.0 Å². The zero-order chi connectivity index (χ0) is 15.7. The van der Waals surface area contributed by atoms with Gasteiger partial charge in [0.2, 0.25) is 0 Å². The van der Waals surface area contributed by atoms with Crippen molar-refractivity contribution in [2.24, 2.45) is 11.3 Å². The van der Waals surface area contributed by atoms with Crippen LogP contribution >= 0.6 is 31.9 Å². The van der Waals surface area contributed by atoms with E-state index in [1.54, 1.807) is 6.07 Å². The van der Waals surface area contributed by atoms with Crippen LogP contribution in [0.5, 0.6) is 0 Å². The largest absolute Gasteiger partial charge is 0.229 e. The predicted octanol–water partition coefficient (Wildman–Crippen LogP) is 3.72. The van der Waals surface area contributed by atoms with E-state index in [1.807, 2.05) is 0 Å². The predicted molar refractivity (Wildman–Crippen MR) is 86.8 cm³/mol. The second-order valence-corrected chi connectivity index (χ2v) is 8.97. The van der Waals surface area contributed by atoms with Crippen LogP contribution in [0.4, 0.5) is 8.78 Å². The molecule has 0 spiro atoms. The summed E-state index contributed by atoms with van der Waals surface area (Å²) in [7, 11) is -3.02. The third-order valence-corrected chi connectivity index (χ3v) is 8.21. The van der Waals surface area contributed by atoms with Crippen molar-refractivity contribution in [2.75, 3.05) is 22.2 Å². The standard InChI is InChI=1S/C14H16Br2F2O2S/c15-8-14(9-16,11-4-5-21(19,20)7-11)6-10-2-1-3-12(17)13(10)18/h1-3,11H,4-9H2. The monoisotopic (exact) mass is 444 g/mol. The molecule has 1 unspecified atom stereocenters. The molecule has 0 amide bonds. The minimum absolute atomic E-state index is 0.0658. The molecule has 1 aromatic carbocycles. The molecule has 1 aliphatic heterocycles. The van der Waals surface area contributed by atoms with Crippen molar-refractivity contribution in [3.63, 3.8) is 0 Å². The van der Waals surface area contributed by atoms with Crippen LogP contribution < -0.4 is 0 Å². The van der Waals surface area contributed by atoms with Crippen LogP contribution in [0.2, 0.25) is 0 Å². The van der Waals surface area contributed by atoms with Gasteiger partial charge in [-0.15, -0.1) is 0 Å². The average Bonchev–Trinajstić information content (AvgIpc) is 2.81. The van der Waals surface area contributed by atoms with Crippen LogP contribution in [0.3, 0.4) is 0 Å². The lowest BCUT2D eigenvalue weighted by Gasteiger charge is -2.36. The molecule has 1 saturated heterocycles. The molecule has 1 atom stereocenters. The van der Waals surface area contributed by atoms with Crippen LogP contribution in [0.1, 0.15) is 12.0 Å². The molecular weight excluding hydrogens is 430 g/mol. The van der Waals surface area contributed by atoms with Gasteiger partial charge in [-0.05, 0) is 35.8 Å². The number of sulfone groups is 1. The van der Waals surface area contributed by atoms with Gasteiger partial charge in [-0.3, -0.25) is 0 Å². The molecule has 1 aliphatic rings. The van der Waals surface area contributed by atoms with Gasteiger partial charge in [0.1, 0.15) is 0 Å². The summed E-state index contributed by atoms with van der Waals surface area (Å²) in [5, 5.41) is 1.06. The molecule has 0 N–H and O–H groups in total. The fourth-order valence-corrected chi connectivity index (χ4v) is 7.02. The minimum atomic E-state index is -3.02. The van der Waals surface area contributed by atoms with E-state index in [-0.39, 0.29) is 23.0 Å². The first-order chi connectivity index (χ1) is 9.83. The molecule has 2 nitrogen and oxygen atoms in total. The van der Waals surface area contributed by atoms with Crippen molar-refractivity contribution in [2.45, 2.75) is 12.8 Å². The quantitative estimate of drug-likeness (QED) is 0.647. The van der Waals surface area contributed by atoms with Gasteiger partial charge < -0.3 is 0 Å². The molecule has 1 fully saturated rings. The van der Waals surface area contributed by atoms with E-state index in [1.165, 1.54) is 6.07 Å². The summed E-state index contributed by atoms with van der Waals surface area (Å²) in [6.07, 6.45) is 0.865. The van der Waals surface area contributed by atoms with Crippen molar-refractivity contribution in [1.82, 2.24) is 0 Å². The lowest BCUT2D eigenvalue weighted by atomic mass is 9.74. The summed E-state index contributed by atoms with van der Waals surface area (Å²) in [6.45, 7) is 0. The Labute approximate surface area is 140 Å². The molecule has 118 valence electrons. The SMILES string of the molecule is O=S1(=O)CCC(C(CBr)(CBr)Cc2cccc(F)c2F)C1. The Kier molecular flexibility index (Phi) is 5.47. The zero-order valence-electron chi connectivity index (χ0n) is 11.3. The van der Waals surface area contributed by atoms with Crippen molar-refractivity contribution < 1.29 is 17.2 Å². The highest BCUT2D eigenvalue weighted by atomic mass is 79.9. The fourth-order valence-electron chi connectivity index (χ4n) is 2.84. The van der Waals surface area contributed by atoms with Crippen LogP contribution in [-0.4, -0.2) is 30.6 Å². The number of rotatable bonds is 5. The van der Waals surface area contributed by atoms with Crippen LogP contribution in [-0.2, 0) is 16.3 Å².